The van der Waals surface area contributed by atoms with Gasteiger partial charge in [-0.2, -0.15) is 0 Å². The second-order valence-electron chi connectivity index (χ2n) is 6.94. The Labute approximate surface area is 149 Å². The summed E-state index contributed by atoms with van der Waals surface area (Å²) in [4.78, 5) is 10.8. The van der Waals surface area contributed by atoms with Crippen LogP contribution in [0.4, 0.5) is 0 Å². The molecule has 0 bridgehead atoms. The zero-order chi connectivity index (χ0) is 17.3. The third-order valence-electron chi connectivity index (χ3n) is 4.03. The molecule has 0 fully saturated rings. The van der Waals surface area contributed by atoms with Crippen molar-refractivity contribution in [2.45, 2.75) is 45.4 Å². The molecule has 24 heavy (non-hydrogen) atoms. The number of allylic oxidation sites excluding steroid dienone is 1. The molecule has 0 atom stereocenters. The van der Waals surface area contributed by atoms with Crippen LogP contribution in [0.15, 0.2) is 58.6 Å². The highest BCUT2D eigenvalue weighted by atomic mass is 32.2. The van der Waals surface area contributed by atoms with Crippen LogP contribution in [0.5, 0.6) is 0 Å². The van der Waals surface area contributed by atoms with Crippen molar-refractivity contribution in [3.63, 3.8) is 0 Å². The molecule has 0 radical (unpaired) electrons. The molecule has 0 aliphatic carbocycles. The van der Waals surface area contributed by atoms with Crippen LogP contribution in [-0.4, -0.2) is 21.5 Å². The zero-order valence-corrected chi connectivity index (χ0v) is 15.8. The molecule has 0 unspecified atom stereocenters. The van der Waals surface area contributed by atoms with Gasteiger partial charge < -0.3 is 0 Å². The molecule has 0 spiro atoms. The van der Waals surface area contributed by atoms with Gasteiger partial charge in [-0.15, -0.1) is 11.8 Å². The Morgan fingerprint density at radius 3 is 2.33 bits per heavy atom. The van der Waals surface area contributed by atoms with Crippen LogP contribution in [0.25, 0.3) is 5.57 Å². The highest BCUT2D eigenvalue weighted by Gasteiger charge is 2.36. The van der Waals surface area contributed by atoms with Gasteiger partial charge in [-0.05, 0) is 38.5 Å². The van der Waals surface area contributed by atoms with Gasteiger partial charge in [0.05, 0.1) is 11.3 Å². The lowest BCUT2D eigenvalue weighted by Crippen LogP contribution is -2.16. The van der Waals surface area contributed by atoms with Crippen molar-refractivity contribution >= 4 is 23.0 Å². The normalized spacial score (nSPS) is 16.7. The summed E-state index contributed by atoms with van der Waals surface area (Å²) >= 11 is 1.90. The molecule has 1 aliphatic rings. The van der Waals surface area contributed by atoms with Gasteiger partial charge in [0, 0.05) is 33.2 Å². The number of rotatable bonds is 4. The number of nitrogens with zero attached hydrogens (tertiary/aromatic N) is 2. The highest BCUT2D eigenvalue weighted by molar-refractivity contribution is 8.04. The van der Waals surface area contributed by atoms with Gasteiger partial charge in [0.25, 0.3) is 0 Å². The Balaban J connectivity index is 2.21. The van der Waals surface area contributed by atoms with Gasteiger partial charge >= 0.3 is 0 Å². The molecule has 1 aromatic carbocycles. The van der Waals surface area contributed by atoms with Crippen molar-refractivity contribution in [3.8, 4) is 0 Å². The molecule has 124 valence electrons. The number of aromatic nitrogens is 1. The average Bonchev–Trinajstić information content (AvgIpc) is 2.78. The topological polar surface area (TPSA) is 25.2 Å². The Bertz CT molecular complexity index is 802. The summed E-state index contributed by atoms with van der Waals surface area (Å²) in [5, 5.41) is 0.501. The summed E-state index contributed by atoms with van der Waals surface area (Å²) in [5.41, 5.74) is 5.64. The van der Waals surface area contributed by atoms with E-state index in [1.807, 2.05) is 24.9 Å². The van der Waals surface area contributed by atoms with Crippen LogP contribution in [-0.2, 0) is 0 Å². The van der Waals surface area contributed by atoms with Gasteiger partial charge in [-0.3, -0.25) is 9.98 Å². The molecule has 2 nitrogen and oxygen atoms in total. The largest absolute Gasteiger partial charge is 0.273 e. The van der Waals surface area contributed by atoms with E-state index in [0.717, 1.165) is 11.4 Å². The summed E-state index contributed by atoms with van der Waals surface area (Å²) in [5.74, 6) is 0. The van der Waals surface area contributed by atoms with Crippen LogP contribution >= 0.6 is 11.8 Å². The Morgan fingerprint density at radius 1 is 1.00 bits per heavy atom. The van der Waals surface area contributed by atoms with Gasteiger partial charge in [-0.25, -0.2) is 0 Å². The Hall–Kier alpha value is -1.87. The number of hydrogen-bond donors (Lipinski definition) is 0. The van der Waals surface area contributed by atoms with Crippen LogP contribution in [0.2, 0.25) is 0 Å². The minimum atomic E-state index is -0.240. The van der Waals surface area contributed by atoms with E-state index in [0.29, 0.717) is 5.25 Å². The minimum Gasteiger partial charge on any atom is -0.273 e. The number of aliphatic imine (C=N–C) groups is 1. The number of pyridine rings is 1. The average molecular weight is 337 g/mol. The summed E-state index contributed by atoms with van der Waals surface area (Å²) in [6.07, 6.45) is 1.89. The molecule has 0 saturated carbocycles. The molecule has 3 heteroatoms. The lowest BCUT2D eigenvalue weighted by atomic mass is 9.90. The summed E-state index contributed by atoms with van der Waals surface area (Å²) < 4.78 is 0. The van der Waals surface area contributed by atoms with Crippen molar-refractivity contribution in [2.24, 2.45) is 4.99 Å². The van der Waals surface area contributed by atoms with E-state index in [4.69, 9.17) is 4.99 Å². The fourth-order valence-corrected chi connectivity index (χ4v) is 4.34. The number of aryl methyl sites for hydroxylation is 1. The second kappa shape index (κ2) is 6.56. The lowest BCUT2D eigenvalue weighted by Gasteiger charge is -2.21. The monoisotopic (exact) mass is 336 g/mol. The first kappa shape index (κ1) is 17.0. The first-order chi connectivity index (χ1) is 11.4. The lowest BCUT2D eigenvalue weighted by molar-refractivity contribution is 0.689. The SMILES string of the molecule is Cc1cc(C2=C(SC(C)C)C(c3ccccc3)=NC2(C)C)ccn1. The molecule has 0 saturated heterocycles. The maximum Gasteiger partial charge on any atom is 0.0825 e. The third-order valence-corrected chi connectivity index (χ3v) is 5.14. The summed E-state index contributed by atoms with van der Waals surface area (Å²) in [7, 11) is 0. The summed E-state index contributed by atoms with van der Waals surface area (Å²) in [6.45, 7) is 10.9. The van der Waals surface area contributed by atoms with Crippen molar-refractivity contribution < 1.29 is 0 Å². The van der Waals surface area contributed by atoms with Gasteiger partial charge in [0.15, 0.2) is 0 Å². The fraction of sp³-hybridized carbons (Fsp3) is 0.333. The van der Waals surface area contributed by atoms with E-state index in [-0.39, 0.29) is 5.54 Å². The zero-order valence-electron chi connectivity index (χ0n) is 15.0. The smallest absolute Gasteiger partial charge is 0.0825 e. The number of thioether (sulfide) groups is 1. The summed E-state index contributed by atoms with van der Waals surface area (Å²) in [6, 6.07) is 14.8. The predicted octanol–water partition coefficient (Wildman–Crippen LogP) is 5.52. The fourth-order valence-electron chi connectivity index (χ4n) is 3.11. The molecule has 1 aromatic heterocycles. The maximum absolute atomic E-state index is 5.11. The Kier molecular flexibility index (Phi) is 4.64. The number of hydrogen-bond acceptors (Lipinski definition) is 3. The molecule has 0 amide bonds. The molecular weight excluding hydrogens is 312 g/mol. The van der Waals surface area contributed by atoms with E-state index in [9.17, 15) is 0 Å². The first-order valence-electron chi connectivity index (χ1n) is 8.38. The van der Waals surface area contributed by atoms with Crippen molar-refractivity contribution in [1.82, 2.24) is 4.98 Å². The first-order valence-corrected chi connectivity index (χ1v) is 9.26. The van der Waals surface area contributed by atoms with Crippen molar-refractivity contribution in [3.05, 3.63) is 70.4 Å². The standard InChI is InChI=1S/C21H24N2S/c1-14(2)24-20-18(17-11-12-22-15(3)13-17)21(4,5)23-19(20)16-9-7-6-8-10-16/h6-14H,1-5H3. The van der Waals surface area contributed by atoms with E-state index < -0.39 is 0 Å². The van der Waals surface area contributed by atoms with E-state index in [1.54, 1.807) is 0 Å². The molecule has 2 heterocycles. The van der Waals surface area contributed by atoms with Gasteiger partial charge in [0.2, 0.25) is 0 Å². The highest BCUT2D eigenvalue weighted by Crippen LogP contribution is 2.45. The van der Waals surface area contributed by atoms with Gasteiger partial charge in [0.1, 0.15) is 0 Å². The van der Waals surface area contributed by atoms with Crippen molar-refractivity contribution in [1.29, 1.82) is 0 Å². The predicted molar refractivity (Wildman–Crippen MR) is 106 cm³/mol. The van der Waals surface area contributed by atoms with Crippen molar-refractivity contribution in [2.75, 3.05) is 0 Å². The van der Waals surface area contributed by atoms with Gasteiger partial charge in [-0.1, -0.05) is 44.2 Å². The van der Waals surface area contributed by atoms with E-state index in [1.165, 1.54) is 21.6 Å². The van der Waals surface area contributed by atoms with Crippen LogP contribution in [0.1, 0.15) is 44.5 Å². The molecule has 1 aliphatic heterocycles. The third kappa shape index (κ3) is 3.32. The number of benzene rings is 1. The van der Waals surface area contributed by atoms with E-state index >= 15 is 0 Å². The van der Waals surface area contributed by atoms with E-state index in [2.05, 4.69) is 75.1 Å². The minimum absolute atomic E-state index is 0.240. The van der Waals surface area contributed by atoms with Crippen LogP contribution < -0.4 is 0 Å². The molecular formula is C21H24N2S. The molecule has 3 rings (SSSR count). The van der Waals surface area contributed by atoms with Crippen LogP contribution in [0.3, 0.4) is 0 Å². The molecule has 0 N–H and O–H groups in total. The molecule has 2 aromatic rings. The van der Waals surface area contributed by atoms with Crippen LogP contribution in [0, 0.1) is 6.92 Å². The maximum atomic E-state index is 5.11. The second-order valence-corrected chi connectivity index (χ2v) is 8.53. The quantitative estimate of drug-likeness (QED) is 0.734. The Morgan fingerprint density at radius 2 is 1.71 bits per heavy atom.